The Morgan fingerprint density at radius 1 is 1.32 bits per heavy atom. The van der Waals surface area contributed by atoms with Gasteiger partial charge < -0.3 is 14.6 Å². The number of hydrogen-bond donors (Lipinski definition) is 1. The van der Waals surface area contributed by atoms with Gasteiger partial charge in [0.1, 0.15) is 0 Å². The standard InChI is InChI=1S/C14H15ClO4/c1-8-9(14(3-4-14)13(16)17)7-10(15)12-11(8)18-5-2-6-19-12/h7H,2-6H2,1H3,(H,16,17). The molecule has 1 fully saturated rings. The van der Waals surface area contributed by atoms with Gasteiger partial charge in [-0.05, 0) is 37.0 Å². The fraction of sp³-hybridized carbons (Fsp3) is 0.500. The van der Waals surface area contributed by atoms with Gasteiger partial charge in [0.25, 0.3) is 0 Å². The van der Waals surface area contributed by atoms with Crippen molar-refractivity contribution >= 4 is 17.6 Å². The predicted molar refractivity (Wildman–Crippen MR) is 70.3 cm³/mol. The first-order valence-electron chi connectivity index (χ1n) is 6.39. The molecule has 1 aliphatic heterocycles. The molecule has 5 heteroatoms. The zero-order chi connectivity index (χ0) is 13.6. The summed E-state index contributed by atoms with van der Waals surface area (Å²) in [4.78, 5) is 11.5. The summed E-state index contributed by atoms with van der Waals surface area (Å²) in [6.45, 7) is 3.01. The molecule has 0 amide bonds. The smallest absolute Gasteiger partial charge is 0.314 e. The summed E-state index contributed by atoms with van der Waals surface area (Å²) >= 11 is 6.23. The highest BCUT2D eigenvalue weighted by Crippen LogP contribution is 2.53. The third-order valence-corrected chi connectivity index (χ3v) is 4.18. The summed E-state index contributed by atoms with van der Waals surface area (Å²) in [5, 5.41) is 9.85. The van der Waals surface area contributed by atoms with E-state index in [2.05, 4.69) is 0 Å². The van der Waals surface area contributed by atoms with Crippen molar-refractivity contribution in [1.29, 1.82) is 0 Å². The Labute approximate surface area is 116 Å². The number of halogens is 1. The molecule has 0 bridgehead atoms. The van der Waals surface area contributed by atoms with E-state index in [1.165, 1.54) is 0 Å². The van der Waals surface area contributed by atoms with Crippen molar-refractivity contribution in [3.05, 3.63) is 22.2 Å². The number of fused-ring (bicyclic) bond motifs is 1. The number of ether oxygens (including phenoxy) is 2. The van der Waals surface area contributed by atoms with Crippen LogP contribution in [-0.4, -0.2) is 24.3 Å². The molecule has 1 saturated carbocycles. The fourth-order valence-electron chi connectivity index (χ4n) is 2.64. The van der Waals surface area contributed by atoms with E-state index in [1.807, 2.05) is 6.92 Å². The number of rotatable bonds is 2. The van der Waals surface area contributed by atoms with Gasteiger partial charge in [0, 0.05) is 6.42 Å². The van der Waals surface area contributed by atoms with Crippen molar-refractivity contribution < 1.29 is 19.4 Å². The summed E-state index contributed by atoms with van der Waals surface area (Å²) in [5.41, 5.74) is 0.814. The van der Waals surface area contributed by atoms with Crippen LogP contribution in [0.3, 0.4) is 0 Å². The molecule has 0 saturated heterocycles. The zero-order valence-electron chi connectivity index (χ0n) is 10.7. The van der Waals surface area contributed by atoms with Gasteiger partial charge in [-0.25, -0.2) is 0 Å². The molecule has 1 aliphatic carbocycles. The highest BCUT2D eigenvalue weighted by molar-refractivity contribution is 6.32. The van der Waals surface area contributed by atoms with Gasteiger partial charge in [0.05, 0.1) is 23.7 Å². The average molecular weight is 283 g/mol. The first-order valence-corrected chi connectivity index (χ1v) is 6.76. The molecule has 4 nitrogen and oxygen atoms in total. The molecule has 0 aromatic heterocycles. The normalized spacial score (nSPS) is 19.7. The van der Waals surface area contributed by atoms with Gasteiger partial charge in [0.2, 0.25) is 0 Å². The van der Waals surface area contributed by atoms with Crippen LogP contribution in [0, 0.1) is 6.92 Å². The number of hydrogen-bond acceptors (Lipinski definition) is 3. The van der Waals surface area contributed by atoms with Crippen molar-refractivity contribution in [3.8, 4) is 11.5 Å². The summed E-state index contributed by atoms with van der Waals surface area (Å²) < 4.78 is 11.3. The minimum absolute atomic E-state index is 0.435. The summed E-state index contributed by atoms with van der Waals surface area (Å²) in [7, 11) is 0. The van der Waals surface area contributed by atoms with Crippen molar-refractivity contribution in [2.24, 2.45) is 0 Å². The van der Waals surface area contributed by atoms with Gasteiger partial charge >= 0.3 is 5.97 Å². The number of carbonyl (C=O) groups is 1. The zero-order valence-corrected chi connectivity index (χ0v) is 11.4. The SMILES string of the molecule is Cc1c(C2(C(=O)O)CC2)cc(Cl)c2c1OCCCO2. The van der Waals surface area contributed by atoms with Crippen molar-refractivity contribution in [2.45, 2.75) is 31.6 Å². The van der Waals surface area contributed by atoms with Crippen LogP contribution in [-0.2, 0) is 10.2 Å². The fourth-order valence-corrected chi connectivity index (χ4v) is 2.89. The largest absolute Gasteiger partial charge is 0.489 e. The lowest BCUT2D eigenvalue weighted by Gasteiger charge is -2.19. The first-order chi connectivity index (χ1) is 9.06. The molecule has 0 radical (unpaired) electrons. The molecule has 1 N–H and O–H groups in total. The Morgan fingerprint density at radius 3 is 2.53 bits per heavy atom. The van der Waals surface area contributed by atoms with Crippen LogP contribution in [0.5, 0.6) is 11.5 Å². The Morgan fingerprint density at radius 2 is 1.95 bits per heavy atom. The van der Waals surface area contributed by atoms with Crippen molar-refractivity contribution in [2.75, 3.05) is 13.2 Å². The van der Waals surface area contributed by atoms with Gasteiger partial charge in [0.15, 0.2) is 11.5 Å². The third kappa shape index (κ3) is 1.86. The molecule has 0 spiro atoms. The predicted octanol–water partition coefficient (Wildman–Crippen LogP) is 2.93. The monoisotopic (exact) mass is 282 g/mol. The van der Waals surface area contributed by atoms with Crippen LogP contribution >= 0.6 is 11.6 Å². The number of aliphatic carboxylic acids is 1. The average Bonchev–Trinajstić information content (AvgIpc) is 3.16. The lowest BCUT2D eigenvalue weighted by Crippen LogP contribution is -2.21. The maximum absolute atomic E-state index is 11.5. The summed E-state index contributed by atoms with van der Waals surface area (Å²) in [5.74, 6) is 0.357. The molecule has 19 heavy (non-hydrogen) atoms. The molecule has 1 heterocycles. The molecule has 1 aromatic carbocycles. The highest BCUT2D eigenvalue weighted by atomic mass is 35.5. The Kier molecular flexibility index (Phi) is 2.86. The Bertz CT molecular complexity index is 549. The molecular formula is C14H15ClO4. The molecule has 2 aliphatic rings. The van der Waals surface area contributed by atoms with Crippen LogP contribution in [0.15, 0.2) is 6.07 Å². The van der Waals surface area contributed by atoms with E-state index in [-0.39, 0.29) is 0 Å². The quantitative estimate of drug-likeness (QED) is 0.906. The van der Waals surface area contributed by atoms with E-state index < -0.39 is 11.4 Å². The molecular weight excluding hydrogens is 268 g/mol. The number of carboxylic acids is 1. The Hall–Kier alpha value is -1.42. The second-order valence-corrected chi connectivity index (χ2v) is 5.53. The van der Waals surface area contributed by atoms with Crippen LogP contribution in [0.4, 0.5) is 0 Å². The second-order valence-electron chi connectivity index (χ2n) is 5.13. The molecule has 1 aromatic rings. The van der Waals surface area contributed by atoms with Crippen LogP contribution in [0.1, 0.15) is 30.4 Å². The van der Waals surface area contributed by atoms with Gasteiger partial charge in [-0.2, -0.15) is 0 Å². The van der Waals surface area contributed by atoms with Crippen LogP contribution in [0.25, 0.3) is 0 Å². The highest BCUT2D eigenvalue weighted by Gasteiger charge is 2.53. The third-order valence-electron chi connectivity index (χ3n) is 3.90. The second kappa shape index (κ2) is 4.30. The van der Waals surface area contributed by atoms with E-state index in [4.69, 9.17) is 21.1 Å². The molecule has 0 unspecified atom stereocenters. The van der Waals surface area contributed by atoms with E-state index in [0.29, 0.717) is 42.6 Å². The maximum Gasteiger partial charge on any atom is 0.314 e. The summed E-state index contributed by atoms with van der Waals surface area (Å²) in [6, 6.07) is 1.73. The van der Waals surface area contributed by atoms with Crippen molar-refractivity contribution in [1.82, 2.24) is 0 Å². The molecule has 3 rings (SSSR count). The Balaban J connectivity index is 2.16. The lowest BCUT2D eigenvalue weighted by atomic mass is 9.91. The van der Waals surface area contributed by atoms with E-state index in [0.717, 1.165) is 17.5 Å². The van der Waals surface area contributed by atoms with Gasteiger partial charge in [-0.3, -0.25) is 4.79 Å². The van der Waals surface area contributed by atoms with Gasteiger partial charge in [-0.15, -0.1) is 0 Å². The molecule has 0 atom stereocenters. The minimum Gasteiger partial charge on any atom is -0.489 e. The van der Waals surface area contributed by atoms with E-state index in [1.54, 1.807) is 6.07 Å². The first kappa shape index (κ1) is 12.6. The van der Waals surface area contributed by atoms with E-state index >= 15 is 0 Å². The summed E-state index contributed by atoms with van der Waals surface area (Å²) in [6.07, 6.45) is 2.10. The maximum atomic E-state index is 11.5. The number of benzene rings is 1. The van der Waals surface area contributed by atoms with Gasteiger partial charge in [-0.1, -0.05) is 11.6 Å². The van der Waals surface area contributed by atoms with Crippen LogP contribution in [0.2, 0.25) is 5.02 Å². The van der Waals surface area contributed by atoms with Crippen LogP contribution < -0.4 is 9.47 Å². The minimum atomic E-state index is -0.791. The topological polar surface area (TPSA) is 55.8 Å². The van der Waals surface area contributed by atoms with E-state index in [9.17, 15) is 9.90 Å². The number of carboxylic acid groups (broad SMARTS) is 1. The lowest BCUT2D eigenvalue weighted by molar-refractivity contribution is -0.140. The van der Waals surface area contributed by atoms with Crippen molar-refractivity contribution in [3.63, 3.8) is 0 Å². The molecule has 102 valence electrons.